The van der Waals surface area contributed by atoms with E-state index in [2.05, 4.69) is 31.2 Å². The number of hydrogen-bond donors (Lipinski definition) is 1. The molecule has 1 aromatic rings. The smallest absolute Gasteiger partial charge is 0.242 e. The summed E-state index contributed by atoms with van der Waals surface area (Å²) < 4.78 is 10.1. The lowest BCUT2D eigenvalue weighted by Gasteiger charge is -2.23. The first kappa shape index (κ1) is 17.3. The predicted molar refractivity (Wildman–Crippen MR) is 89.3 cm³/mol. The van der Waals surface area contributed by atoms with Crippen molar-refractivity contribution >= 4 is 23.6 Å². The molecule has 0 aliphatic carbocycles. The lowest BCUT2D eigenvalue weighted by molar-refractivity contribution is -0.117. The zero-order chi connectivity index (χ0) is 16.4. The Balaban J connectivity index is 1.90. The van der Waals surface area contributed by atoms with Crippen molar-refractivity contribution < 1.29 is 14.1 Å². The van der Waals surface area contributed by atoms with Crippen LogP contribution in [-0.2, 0) is 14.9 Å². The molecule has 1 aliphatic heterocycles. The first-order valence-electron chi connectivity index (χ1n) is 7.69. The summed E-state index contributed by atoms with van der Waals surface area (Å²) in [7, 11) is 0. The van der Waals surface area contributed by atoms with E-state index in [1.807, 2.05) is 13.8 Å². The van der Waals surface area contributed by atoms with Gasteiger partial charge in [0.05, 0.1) is 17.0 Å². The molecule has 2 heterocycles. The van der Waals surface area contributed by atoms with Crippen LogP contribution in [0, 0.1) is 5.92 Å². The van der Waals surface area contributed by atoms with Crippen LogP contribution in [0.1, 0.15) is 46.7 Å². The Morgan fingerprint density at radius 3 is 2.68 bits per heavy atom. The van der Waals surface area contributed by atoms with Gasteiger partial charge in [0.15, 0.2) is 0 Å². The topological polar surface area (TPSA) is 64.4 Å². The summed E-state index contributed by atoms with van der Waals surface area (Å²) in [6, 6.07) is 1.80. The summed E-state index contributed by atoms with van der Waals surface area (Å²) in [5, 5.41) is 6.85. The molecule has 2 rings (SSSR count). The maximum Gasteiger partial charge on any atom is 0.242 e. The zero-order valence-corrected chi connectivity index (χ0v) is 14.9. The first-order chi connectivity index (χ1) is 10.2. The molecule has 6 heteroatoms. The van der Waals surface area contributed by atoms with Crippen LogP contribution in [0.4, 0.5) is 5.88 Å². The van der Waals surface area contributed by atoms with Gasteiger partial charge >= 0.3 is 0 Å². The molecule has 0 spiro atoms. The van der Waals surface area contributed by atoms with Crippen LogP contribution in [0.15, 0.2) is 10.6 Å². The molecule has 1 N–H and O–H groups in total. The fourth-order valence-corrected chi connectivity index (χ4v) is 3.15. The van der Waals surface area contributed by atoms with Gasteiger partial charge in [-0.05, 0) is 31.9 Å². The summed E-state index contributed by atoms with van der Waals surface area (Å²) in [5.41, 5.74) is 0.732. The molecule has 0 aromatic carbocycles. The van der Waals surface area contributed by atoms with E-state index in [1.54, 1.807) is 17.8 Å². The lowest BCUT2D eigenvalue weighted by Crippen LogP contribution is -2.34. The number of anilines is 1. The third kappa shape index (κ3) is 4.49. The second-order valence-electron chi connectivity index (χ2n) is 7.33. The molecular formula is C16H26N2O3S. The number of nitrogens with one attached hydrogen (secondary N) is 1. The van der Waals surface area contributed by atoms with Crippen LogP contribution in [0.2, 0.25) is 0 Å². The van der Waals surface area contributed by atoms with Crippen LogP contribution in [-0.4, -0.2) is 34.8 Å². The molecule has 0 radical (unpaired) electrons. The SMILES string of the molecule is CC(C)(SCC1CCOC1)C(=O)Nc1cc(C(C)(C)C)no1. The minimum absolute atomic E-state index is 0.0620. The number of carbonyl (C=O) groups excluding carboxylic acids is 1. The van der Waals surface area contributed by atoms with E-state index in [0.717, 1.165) is 31.1 Å². The van der Waals surface area contributed by atoms with Gasteiger partial charge in [-0.25, -0.2) is 0 Å². The Kier molecular flexibility index (Phi) is 5.22. The van der Waals surface area contributed by atoms with Crippen molar-refractivity contribution in [1.29, 1.82) is 0 Å². The number of carbonyl (C=O) groups is 1. The maximum absolute atomic E-state index is 12.4. The van der Waals surface area contributed by atoms with Crippen LogP contribution in [0.3, 0.4) is 0 Å². The van der Waals surface area contributed by atoms with E-state index < -0.39 is 4.75 Å². The molecule has 1 amide bonds. The Bertz CT molecular complexity index is 514. The molecular weight excluding hydrogens is 300 g/mol. The molecule has 1 aliphatic rings. The van der Waals surface area contributed by atoms with Crippen molar-refractivity contribution in [2.45, 2.75) is 51.2 Å². The van der Waals surface area contributed by atoms with Gasteiger partial charge in [0, 0.05) is 18.1 Å². The highest BCUT2D eigenvalue weighted by atomic mass is 32.2. The van der Waals surface area contributed by atoms with Crippen molar-refractivity contribution in [3.63, 3.8) is 0 Å². The number of amides is 1. The Morgan fingerprint density at radius 1 is 1.41 bits per heavy atom. The largest absolute Gasteiger partial charge is 0.381 e. The van der Waals surface area contributed by atoms with Gasteiger partial charge in [-0.15, -0.1) is 11.8 Å². The molecule has 1 fully saturated rings. The Labute approximate surface area is 136 Å². The highest BCUT2D eigenvalue weighted by molar-refractivity contribution is 8.01. The minimum atomic E-state index is -0.517. The number of aromatic nitrogens is 1. The van der Waals surface area contributed by atoms with Gasteiger partial charge in [-0.2, -0.15) is 0 Å². The third-order valence-electron chi connectivity index (χ3n) is 3.77. The van der Waals surface area contributed by atoms with Crippen LogP contribution in [0.25, 0.3) is 0 Å². The molecule has 1 aromatic heterocycles. The highest BCUT2D eigenvalue weighted by Crippen LogP contribution is 2.31. The average Bonchev–Trinajstić information content (AvgIpc) is 3.06. The minimum Gasteiger partial charge on any atom is -0.381 e. The van der Waals surface area contributed by atoms with E-state index >= 15 is 0 Å². The average molecular weight is 326 g/mol. The van der Waals surface area contributed by atoms with Crippen molar-refractivity contribution in [1.82, 2.24) is 5.16 Å². The number of rotatable bonds is 5. The van der Waals surface area contributed by atoms with Crippen LogP contribution in [0.5, 0.6) is 0 Å². The van der Waals surface area contributed by atoms with Crippen molar-refractivity contribution in [2.24, 2.45) is 5.92 Å². The normalized spacial score (nSPS) is 19.4. The Hall–Kier alpha value is -1.01. The maximum atomic E-state index is 12.4. The third-order valence-corrected chi connectivity index (χ3v) is 5.31. The molecule has 124 valence electrons. The van der Waals surface area contributed by atoms with Crippen molar-refractivity contribution in [3.8, 4) is 0 Å². The van der Waals surface area contributed by atoms with Gasteiger partial charge < -0.3 is 9.26 Å². The summed E-state index contributed by atoms with van der Waals surface area (Å²) >= 11 is 1.66. The fraction of sp³-hybridized carbons (Fsp3) is 0.750. The van der Waals surface area contributed by atoms with Gasteiger partial charge in [-0.3, -0.25) is 10.1 Å². The standard InChI is InChI=1S/C16H26N2O3S/c1-15(2,3)12-8-13(21-18-12)17-14(19)16(4,5)22-10-11-6-7-20-9-11/h8,11H,6-7,9-10H2,1-5H3,(H,17,19). The molecule has 0 bridgehead atoms. The molecule has 0 saturated carbocycles. The summed E-state index contributed by atoms with van der Waals surface area (Å²) in [5.74, 6) is 1.83. The van der Waals surface area contributed by atoms with Crippen molar-refractivity contribution in [2.75, 3.05) is 24.3 Å². The van der Waals surface area contributed by atoms with E-state index in [9.17, 15) is 4.79 Å². The second kappa shape index (κ2) is 6.62. The van der Waals surface area contributed by atoms with E-state index in [-0.39, 0.29) is 11.3 Å². The molecule has 5 nitrogen and oxygen atoms in total. The Morgan fingerprint density at radius 2 is 2.14 bits per heavy atom. The molecule has 1 saturated heterocycles. The first-order valence-corrected chi connectivity index (χ1v) is 8.67. The number of hydrogen-bond acceptors (Lipinski definition) is 5. The summed E-state index contributed by atoms with van der Waals surface area (Å²) in [6.45, 7) is 11.7. The van der Waals surface area contributed by atoms with E-state index in [0.29, 0.717) is 11.8 Å². The summed E-state index contributed by atoms with van der Waals surface area (Å²) in [6.07, 6.45) is 1.09. The second-order valence-corrected chi connectivity index (χ2v) is 8.97. The van der Waals surface area contributed by atoms with Crippen LogP contribution >= 0.6 is 11.8 Å². The van der Waals surface area contributed by atoms with Gasteiger partial charge in [-0.1, -0.05) is 25.9 Å². The van der Waals surface area contributed by atoms with E-state index in [1.165, 1.54) is 0 Å². The van der Waals surface area contributed by atoms with Gasteiger partial charge in [0.25, 0.3) is 0 Å². The number of thioether (sulfide) groups is 1. The van der Waals surface area contributed by atoms with E-state index in [4.69, 9.17) is 9.26 Å². The monoisotopic (exact) mass is 326 g/mol. The molecule has 1 atom stereocenters. The quantitative estimate of drug-likeness (QED) is 0.897. The number of nitrogens with zero attached hydrogens (tertiary/aromatic N) is 1. The fourth-order valence-electron chi connectivity index (χ4n) is 2.06. The summed E-state index contributed by atoms with van der Waals surface area (Å²) in [4.78, 5) is 12.4. The number of ether oxygens (including phenoxy) is 1. The van der Waals surface area contributed by atoms with Gasteiger partial charge in [0.2, 0.25) is 11.8 Å². The molecule has 22 heavy (non-hydrogen) atoms. The lowest BCUT2D eigenvalue weighted by atomic mass is 9.92. The highest BCUT2D eigenvalue weighted by Gasteiger charge is 2.31. The van der Waals surface area contributed by atoms with Crippen LogP contribution < -0.4 is 5.32 Å². The molecule has 1 unspecified atom stereocenters. The van der Waals surface area contributed by atoms with Gasteiger partial charge in [0.1, 0.15) is 0 Å². The predicted octanol–water partition coefficient (Wildman–Crippen LogP) is 3.46. The zero-order valence-electron chi connectivity index (χ0n) is 14.1. The van der Waals surface area contributed by atoms with Crippen molar-refractivity contribution in [3.05, 3.63) is 11.8 Å².